The topological polar surface area (TPSA) is 95.2 Å². The molecular formula is C34H28FN7. The van der Waals surface area contributed by atoms with Gasteiger partial charge in [-0.3, -0.25) is 10.1 Å². The summed E-state index contributed by atoms with van der Waals surface area (Å²) in [5.74, 6) is 0.217. The molecule has 0 atom stereocenters. The lowest BCUT2D eigenvalue weighted by molar-refractivity contribution is 0.628. The average Bonchev–Trinajstić information content (AvgIpc) is 3.63. The molecule has 0 saturated heterocycles. The molecule has 206 valence electrons. The van der Waals surface area contributed by atoms with Gasteiger partial charge in [0.2, 0.25) is 0 Å². The summed E-state index contributed by atoms with van der Waals surface area (Å²) < 4.78 is 13.9. The summed E-state index contributed by atoms with van der Waals surface area (Å²) in [7, 11) is 0. The van der Waals surface area contributed by atoms with Crippen molar-refractivity contribution in [3.8, 4) is 22.6 Å². The molecule has 8 heteroatoms. The number of rotatable bonds is 9. The van der Waals surface area contributed by atoms with Crippen LogP contribution in [0.4, 0.5) is 4.39 Å². The van der Waals surface area contributed by atoms with Crippen LogP contribution >= 0.6 is 0 Å². The summed E-state index contributed by atoms with van der Waals surface area (Å²) in [6.07, 6.45) is 9.84. The number of aromatic nitrogens is 6. The smallest absolute Gasteiger partial charge is 0.161 e. The van der Waals surface area contributed by atoms with Gasteiger partial charge in [0.25, 0.3) is 0 Å². The van der Waals surface area contributed by atoms with Crippen molar-refractivity contribution >= 4 is 27.6 Å². The Morgan fingerprint density at radius 2 is 1.83 bits per heavy atom. The van der Waals surface area contributed by atoms with Gasteiger partial charge in [0, 0.05) is 29.6 Å². The number of nitrogens with zero attached hydrogens (tertiary/aromatic N) is 4. The summed E-state index contributed by atoms with van der Waals surface area (Å²) in [4.78, 5) is 17.4. The molecule has 4 heterocycles. The van der Waals surface area contributed by atoms with Crippen LogP contribution in [0.2, 0.25) is 0 Å². The van der Waals surface area contributed by atoms with Crippen LogP contribution in [-0.2, 0) is 6.42 Å². The van der Waals surface area contributed by atoms with Crippen molar-refractivity contribution in [3.63, 3.8) is 0 Å². The Balaban J connectivity index is 1.32. The molecule has 0 aliphatic carbocycles. The molecule has 2 aromatic carbocycles. The highest BCUT2D eigenvalue weighted by molar-refractivity contribution is 5.95. The first-order valence-corrected chi connectivity index (χ1v) is 13.5. The highest BCUT2D eigenvalue weighted by Gasteiger charge is 2.17. The summed E-state index contributed by atoms with van der Waals surface area (Å²) in [6.45, 7) is 10.1. The first-order valence-electron chi connectivity index (χ1n) is 13.5. The van der Waals surface area contributed by atoms with Crippen LogP contribution in [0.25, 0.3) is 50.3 Å². The van der Waals surface area contributed by atoms with Gasteiger partial charge in [0.15, 0.2) is 11.5 Å². The molecule has 0 spiro atoms. The van der Waals surface area contributed by atoms with Crippen molar-refractivity contribution in [2.45, 2.75) is 13.3 Å². The molecule has 0 unspecified atom stereocenters. The van der Waals surface area contributed by atoms with E-state index >= 15 is 0 Å². The number of aromatic amines is 2. The van der Waals surface area contributed by atoms with Gasteiger partial charge in [-0.2, -0.15) is 5.10 Å². The third-order valence-corrected chi connectivity index (χ3v) is 6.88. The van der Waals surface area contributed by atoms with Gasteiger partial charge in [-0.1, -0.05) is 61.7 Å². The number of pyridine rings is 2. The van der Waals surface area contributed by atoms with Crippen molar-refractivity contribution < 1.29 is 4.39 Å². The van der Waals surface area contributed by atoms with Gasteiger partial charge in [0.1, 0.15) is 11.3 Å². The molecule has 4 aromatic heterocycles. The number of halogens is 1. The molecule has 42 heavy (non-hydrogen) atoms. The zero-order valence-corrected chi connectivity index (χ0v) is 23.0. The standard InChI is InChI=1S/C34H28FN7/c1-4-23(18-26(5-2)37-21(3)16-22-10-7-6-8-11-22)28-14-15-29-32(38-28)33(42-41-29)34-39-30-20-36-19-27(31(30)40-34)24-12-9-13-25(35)17-24/h4-15,17-20,37H,2-3,16H2,1H3,(H,39,40)(H,41,42)/b23-4+,26-18+. The molecule has 0 aliphatic rings. The van der Waals surface area contributed by atoms with Gasteiger partial charge in [-0.05, 0) is 60.0 Å². The van der Waals surface area contributed by atoms with Gasteiger partial charge in [0.05, 0.1) is 28.4 Å². The first kappa shape index (κ1) is 26.6. The van der Waals surface area contributed by atoms with Crippen LogP contribution in [-0.4, -0.2) is 30.1 Å². The quantitative estimate of drug-likeness (QED) is 0.161. The predicted molar refractivity (Wildman–Crippen MR) is 167 cm³/mol. The lowest BCUT2D eigenvalue weighted by atomic mass is 10.1. The second-order valence-corrected chi connectivity index (χ2v) is 9.78. The van der Waals surface area contributed by atoms with Gasteiger partial charge < -0.3 is 10.3 Å². The van der Waals surface area contributed by atoms with Crippen LogP contribution in [0.5, 0.6) is 0 Å². The SMILES string of the molecule is C=C/C(=C\C(=C/C)c1ccc2[nH]nc(-c3nc4c(-c5cccc(F)c5)cncc4[nH]3)c2n1)NC(=C)Cc1ccccc1. The van der Waals surface area contributed by atoms with Crippen LogP contribution in [0.1, 0.15) is 18.2 Å². The number of H-pyrrole nitrogens is 2. The Labute approximate surface area is 242 Å². The Kier molecular flexibility index (Phi) is 7.26. The normalized spacial score (nSPS) is 12.1. The Hall–Kier alpha value is -5.63. The highest BCUT2D eigenvalue weighted by atomic mass is 19.1. The fourth-order valence-corrected chi connectivity index (χ4v) is 4.85. The van der Waals surface area contributed by atoms with Crippen LogP contribution in [0.15, 0.2) is 122 Å². The molecular weight excluding hydrogens is 525 g/mol. The Morgan fingerprint density at radius 1 is 0.976 bits per heavy atom. The molecule has 0 amide bonds. The van der Waals surface area contributed by atoms with E-state index in [1.54, 1.807) is 24.5 Å². The molecule has 0 fully saturated rings. The van der Waals surface area contributed by atoms with E-state index in [9.17, 15) is 4.39 Å². The predicted octanol–water partition coefficient (Wildman–Crippen LogP) is 7.52. The van der Waals surface area contributed by atoms with Crippen molar-refractivity contribution in [2.24, 2.45) is 0 Å². The van der Waals surface area contributed by atoms with E-state index < -0.39 is 0 Å². The van der Waals surface area contributed by atoms with E-state index in [0.717, 1.165) is 33.7 Å². The van der Waals surface area contributed by atoms with E-state index in [0.29, 0.717) is 40.1 Å². The average molecular weight is 554 g/mol. The zero-order valence-electron chi connectivity index (χ0n) is 23.0. The number of nitrogens with one attached hydrogen (secondary N) is 3. The molecule has 0 bridgehead atoms. The number of hydrogen-bond donors (Lipinski definition) is 3. The molecule has 3 N–H and O–H groups in total. The van der Waals surface area contributed by atoms with Crippen LogP contribution < -0.4 is 5.32 Å². The number of hydrogen-bond acceptors (Lipinski definition) is 5. The molecule has 0 aliphatic heterocycles. The van der Waals surface area contributed by atoms with Gasteiger partial charge in [-0.15, -0.1) is 0 Å². The summed E-state index contributed by atoms with van der Waals surface area (Å²) >= 11 is 0. The minimum absolute atomic E-state index is 0.320. The maximum absolute atomic E-state index is 13.9. The molecule has 6 aromatic rings. The number of benzene rings is 2. The van der Waals surface area contributed by atoms with Crippen molar-refractivity contribution in [1.82, 2.24) is 35.5 Å². The lowest BCUT2D eigenvalue weighted by Gasteiger charge is -2.12. The number of fused-ring (bicyclic) bond motifs is 2. The minimum Gasteiger partial charge on any atom is -0.359 e. The molecule has 0 radical (unpaired) electrons. The fraction of sp³-hybridized carbons (Fsp3) is 0.0588. The third-order valence-electron chi connectivity index (χ3n) is 6.88. The number of allylic oxidation sites excluding steroid dienone is 5. The first-order chi connectivity index (χ1) is 20.5. The number of imidazole rings is 1. The molecule has 0 saturated carbocycles. The summed E-state index contributed by atoms with van der Waals surface area (Å²) in [5.41, 5.74) is 9.34. The van der Waals surface area contributed by atoms with E-state index in [-0.39, 0.29) is 5.82 Å². The second-order valence-electron chi connectivity index (χ2n) is 9.78. The van der Waals surface area contributed by atoms with Gasteiger partial charge >= 0.3 is 0 Å². The van der Waals surface area contributed by atoms with Gasteiger partial charge in [-0.25, -0.2) is 14.4 Å². The minimum atomic E-state index is -0.320. The largest absolute Gasteiger partial charge is 0.359 e. The van der Waals surface area contributed by atoms with E-state index in [2.05, 4.69) is 50.8 Å². The molecule has 6 rings (SSSR count). The highest BCUT2D eigenvalue weighted by Crippen LogP contribution is 2.31. The Morgan fingerprint density at radius 3 is 2.62 bits per heavy atom. The maximum Gasteiger partial charge on any atom is 0.161 e. The van der Waals surface area contributed by atoms with E-state index in [4.69, 9.17) is 9.97 Å². The van der Waals surface area contributed by atoms with Crippen molar-refractivity contribution in [1.29, 1.82) is 0 Å². The fourth-order valence-electron chi connectivity index (χ4n) is 4.85. The van der Waals surface area contributed by atoms with Crippen molar-refractivity contribution in [2.75, 3.05) is 0 Å². The van der Waals surface area contributed by atoms with E-state index in [1.807, 2.05) is 55.5 Å². The Bertz CT molecular complexity index is 2000. The maximum atomic E-state index is 13.9. The van der Waals surface area contributed by atoms with E-state index in [1.165, 1.54) is 17.7 Å². The van der Waals surface area contributed by atoms with Crippen LogP contribution in [0.3, 0.4) is 0 Å². The summed E-state index contributed by atoms with van der Waals surface area (Å²) in [5, 5.41) is 11.0. The lowest BCUT2D eigenvalue weighted by Crippen LogP contribution is -2.12. The van der Waals surface area contributed by atoms with Crippen molar-refractivity contribution in [3.05, 3.63) is 139 Å². The monoisotopic (exact) mass is 553 g/mol. The third kappa shape index (κ3) is 5.38. The second kappa shape index (κ2) is 11.5. The summed E-state index contributed by atoms with van der Waals surface area (Å²) in [6, 6.07) is 20.5. The van der Waals surface area contributed by atoms with Crippen LogP contribution in [0, 0.1) is 5.82 Å². The zero-order chi connectivity index (χ0) is 29.1. The molecule has 7 nitrogen and oxygen atoms in total.